The SMILES string of the molecule is CCN(CC)c1ccc(C2(c3ccc(N(CC)CC)cc3S(=O)[O-])Oc3ccc(C)cc3-c3cc4ccccn4c32)c(C)c1. The van der Waals surface area contributed by atoms with E-state index in [-0.39, 0.29) is 4.90 Å². The molecule has 44 heavy (non-hydrogen) atoms. The molecule has 0 amide bonds. The number of anilines is 2. The molecule has 0 aliphatic carbocycles. The summed E-state index contributed by atoms with van der Waals surface area (Å²) in [6, 6.07) is 26.8. The number of rotatable bonds is 9. The van der Waals surface area contributed by atoms with Crippen molar-refractivity contribution >= 4 is 28.0 Å². The van der Waals surface area contributed by atoms with Gasteiger partial charge < -0.3 is 23.5 Å². The third kappa shape index (κ3) is 4.70. The highest BCUT2D eigenvalue weighted by atomic mass is 32.2. The second-order valence-electron chi connectivity index (χ2n) is 11.4. The molecule has 0 saturated carbocycles. The molecule has 0 bridgehead atoms. The first-order valence-corrected chi connectivity index (χ1v) is 16.6. The van der Waals surface area contributed by atoms with Crippen molar-refractivity contribution in [3.8, 4) is 16.9 Å². The normalized spacial score (nSPS) is 16.2. The Hall–Kier alpha value is -4.07. The Balaban J connectivity index is 1.76. The Kier molecular flexibility index (Phi) is 8.03. The van der Waals surface area contributed by atoms with Crippen LogP contribution in [0.15, 0.2) is 90.0 Å². The minimum Gasteiger partial charge on any atom is -0.768 e. The van der Waals surface area contributed by atoms with Crippen LogP contribution >= 0.6 is 0 Å². The maximum Gasteiger partial charge on any atom is 0.201 e. The zero-order valence-corrected chi connectivity index (χ0v) is 27.2. The van der Waals surface area contributed by atoms with E-state index >= 15 is 0 Å². The van der Waals surface area contributed by atoms with Gasteiger partial charge in [0, 0.05) is 76.4 Å². The van der Waals surface area contributed by atoms with Gasteiger partial charge in [-0.3, -0.25) is 4.21 Å². The highest BCUT2D eigenvalue weighted by molar-refractivity contribution is 7.79. The smallest absolute Gasteiger partial charge is 0.201 e. The van der Waals surface area contributed by atoms with Crippen LogP contribution in [0.25, 0.3) is 16.6 Å². The molecule has 1 aliphatic heterocycles. The lowest BCUT2D eigenvalue weighted by atomic mass is 9.76. The van der Waals surface area contributed by atoms with Crippen LogP contribution in [0.1, 0.15) is 55.6 Å². The maximum atomic E-state index is 13.2. The molecule has 2 atom stereocenters. The molecule has 1 aliphatic rings. The molecule has 2 aromatic heterocycles. The van der Waals surface area contributed by atoms with Gasteiger partial charge in [0.05, 0.1) is 5.69 Å². The maximum absolute atomic E-state index is 13.2. The highest BCUT2D eigenvalue weighted by Crippen LogP contribution is 2.54. The van der Waals surface area contributed by atoms with Crippen LogP contribution in [0.4, 0.5) is 11.4 Å². The van der Waals surface area contributed by atoms with Crippen molar-refractivity contribution in [1.29, 1.82) is 0 Å². The van der Waals surface area contributed by atoms with Crippen molar-refractivity contribution in [1.82, 2.24) is 4.40 Å². The third-order valence-corrected chi connectivity index (χ3v) is 9.77. The number of hydrogen-bond acceptors (Lipinski definition) is 5. The average Bonchev–Trinajstić information content (AvgIpc) is 3.43. The van der Waals surface area contributed by atoms with Crippen LogP contribution in [-0.2, 0) is 16.7 Å². The predicted molar refractivity (Wildman–Crippen MR) is 180 cm³/mol. The van der Waals surface area contributed by atoms with E-state index in [0.29, 0.717) is 5.56 Å². The van der Waals surface area contributed by atoms with E-state index in [1.165, 1.54) is 0 Å². The lowest BCUT2D eigenvalue weighted by Crippen LogP contribution is -2.41. The molecule has 0 saturated heterocycles. The van der Waals surface area contributed by atoms with E-state index in [9.17, 15) is 8.76 Å². The molecule has 0 radical (unpaired) electrons. The Morgan fingerprint density at radius 1 is 0.773 bits per heavy atom. The molecule has 3 heterocycles. The summed E-state index contributed by atoms with van der Waals surface area (Å²) in [6.07, 6.45) is 2.05. The Morgan fingerprint density at radius 3 is 2.07 bits per heavy atom. The Labute approximate surface area is 263 Å². The van der Waals surface area contributed by atoms with Crippen molar-refractivity contribution in [2.24, 2.45) is 0 Å². The summed E-state index contributed by atoms with van der Waals surface area (Å²) in [7, 11) is 0. The van der Waals surface area contributed by atoms with Crippen LogP contribution in [-0.4, -0.2) is 39.3 Å². The van der Waals surface area contributed by atoms with E-state index in [1.807, 2.05) is 36.5 Å². The van der Waals surface area contributed by atoms with Crippen molar-refractivity contribution in [3.05, 3.63) is 113 Å². The number of ether oxygens (including phenoxy) is 1. The van der Waals surface area contributed by atoms with Crippen LogP contribution < -0.4 is 14.5 Å². The predicted octanol–water partition coefficient (Wildman–Crippen LogP) is 7.84. The number of pyridine rings is 1. The molecule has 5 aromatic rings. The van der Waals surface area contributed by atoms with Crippen LogP contribution in [0.3, 0.4) is 0 Å². The van der Waals surface area contributed by atoms with Crippen LogP contribution in [0.2, 0.25) is 0 Å². The van der Waals surface area contributed by atoms with Gasteiger partial charge in [-0.2, -0.15) is 0 Å². The van der Waals surface area contributed by atoms with Gasteiger partial charge in [0.2, 0.25) is 5.60 Å². The summed E-state index contributed by atoms with van der Waals surface area (Å²) in [6.45, 7) is 16.0. The number of benzene rings is 3. The summed E-state index contributed by atoms with van der Waals surface area (Å²) in [5.74, 6) is 0.724. The number of hydrogen-bond donors (Lipinski definition) is 0. The summed E-state index contributed by atoms with van der Waals surface area (Å²) in [5, 5.41) is 0. The minimum atomic E-state index is -2.53. The largest absolute Gasteiger partial charge is 0.768 e. The summed E-state index contributed by atoms with van der Waals surface area (Å²) in [4.78, 5) is 4.71. The highest BCUT2D eigenvalue weighted by Gasteiger charge is 2.49. The zero-order valence-electron chi connectivity index (χ0n) is 26.4. The monoisotopic (exact) mass is 606 g/mol. The van der Waals surface area contributed by atoms with E-state index in [0.717, 1.165) is 82.3 Å². The molecule has 2 unspecified atom stereocenters. The first-order valence-electron chi connectivity index (χ1n) is 15.5. The van der Waals surface area contributed by atoms with E-state index < -0.39 is 16.7 Å². The van der Waals surface area contributed by atoms with Crippen LogP contribution in [0, 0.1) is 13.8 Å². The van der Waals surface area contributed by atoms with Gasteiger partial charge in [0.1, 0.15) is 5.75 Å². The molecule has 6 rings (SSSR count). The molecule has 0 spiro atoms. The molecular formula is C37H40N3O3S-. The summed E-state index contributed by atoms with van der Waals surface area (Å²) < 4.78 is 35.9. The molecule has 0 N–H and O–H groups in total. The standard InChI is InChI=1S/C37H41N3O3S/c1-7-38(8-2)27-15-17-32(26(6)22-27)37(33-18-16-28(39(9-3)10-4)24-35(33)44(41)42)36-31(23-29-13-11-12-20-40(29)36)30-21-25(5)14-19-34(30)43-37/h11-24H,7-10H2,1-6H3,(H,41,42)/p-1. The number of fused-ring (bicyclic) bond motifs is 5. The fraction of sp³-hybridized carbons (Fsp3) is 0.297. The topological polar surface area (TPSA) is 60.2 Å². The molecule has 6 nitrogen and oxygen atoms in total. The second-order valence-corrected chi connectivity index (χ2v) is 12.4. The van der Waals surface area contributed by atoms with Gasteiger partial charge in [0.25, 0.3) is 0 Å². The van der Waals surface area contributed by atoms with Crippen molar-refractivity contribution in [3.63, 3.8) is 0 Å². The fourth-order valence-corrected chi connectivity index (χ4v) is 7.52. The molecular weight excluding hydrogens is 566 g/mol. The molecule has 0 fully saturated rings. The number of nitrogens with zero attached hydrogens (tertiary/aromatic N) is 3. The zero-order chi connectivity index (χ0) is 31.2. The third-order valence-electron chi connectivity index (χ3n) is 9.07. The number of aromatic nitrogens is 1. The molecule has 228 valence electrons. The van der Waals surface area contributed by atoms with Gasteiger partial charge in [-0.25, -0.2) is 0 Å². The fourth-order valence-electron chi connectivity index (χ4n) is 6.91. The summed E-state index contributed by atoms with van der Waals surface area (Å²) >= 11 is -2.53. The lowest BCUT2D eigenvalue weighted by Gasteiger charge is -2.42. The van der Waals surface area contributed by atoms with Gasteiger partial charge in [-0.05, 0) is 113 Å². The van der Waals surface area contributed by atoms with Crippen molar-refractivity contribution in [2.45, 2.75) is 52.0 Å². The van der Waals surface area contributed by atoms with Crippen molar-refractivity contribution < 1.29 is 13.5 Å². The second kappa shape index (κ2) is 11.8. The first-order chi connectivity index (χ1) is 21.3. The average molecular weight is 607 g/mol. The van der Waals surface area contributed by atoms with Crippen LogP contribution in [0.5, 0.6) is 5.75 Å². The van der Waals surface area contributed by atoms with Gasteiger partial charge >= 0.3 is 0 Å². The Morgan fingerprint density at radius 2 is 1.43 bits per heavy atom. The summed E-state index contributed by atoms with van der Waals surface area (Å²) in [5.41, 5.74) is 8.34. The van der Waals surface area contributed by atoms with Gasteiger partial charge in [0.15, 0.2) is 0 Å². The van der Waals surface area contributed by atoms with E-state index in [2.05, 4.69) is 98.2 Å². The first kappa shape index (κ1) is 30.0. The molecule has 7 heteroatoms. The quantitative estimate of drug-likeness (QED) is 0.160. The lowest BCUT2D eigenvalue weighted by molar-refractivity contribution is 0.142. The van der Waals surface area contributed by atoms with Gasteiger partial charge in [-0.15, -0.1) is 0 Å². The van der Waals surface area contributed by atoms with Crippen molar-refractivity contribution in [2.75, 3.05) is 36.0 Å². The minimum absolute atomic E-state index is 0.231. The molecule has 3 aromatic carbocycles. The van der Waals surface area contributed by atoms with Gasteiger partial charge in [-0.1, -0.05) is 29.8 Å². The van der Waals surface area contributed by atoms with E-state index in [4.69, 9.17) is 4.74 Å². The number of aryl methyl sites for hydroxylation is 2. The van der Waals surface area contributed by atoms with E-state index in [1.54, 1.807) is 6.07 Å². The Bertz CT molecular complexity index is 1870.